The second-order valence-corrected chi connectivity index (χ2v) is 7.90. The number of nitro benzene ring substituents is 1. The number of benzene rings is 2. The summed E-state index contributed by atoms with van der Waals surface area (Å²) in [5.41, 5.74) is 0.0598. The third-order valence-corrected chi connectivity index (χ3v) is 5.61. The summed E-state index contributed by atoms with van der Waals surface area (Å²) in [5, 5.41) is 11.1. The lowest BCUT2D eigenvalue weighted by molar-refractivity contribution is -0.385. The van der Waals surface area contributed by atoms with E-state index in [0.29, 0.717) is 0 Å². The molecule has 0 saturated heterocycles. The van der Waals surface area contributed by atoms with Gasteiger partial charge in [-0.15, -0.1) is 0 Å². The highest BCUT2D eigenvalue weighted by Crippen LogP contribution is 2.25. The van der Waals surface area contributed by atoms with E-state index in [4.69, 9.17) is 32.7 Å². The van der Waals surface area contributed by atoms with Crippen molar-refractivity contribution in [3.05, 3.63) is 62.1 Å². The first-order valence-corrected chi connectivity index (χ1v) is 9.79. The van der Waals surface area contributed by atoms with E-state index in [1.165, 1.54) is 37.4 Å². The van der Waals surface area contributed by atoms with Gasteiger partial charge in [-0.05, 0) is 24.3 Å². The first-order valence-electron chi connectivity index (χ1n) is 7.55. The number of nitro groups is 1. The molecular weight excluding hydrogens is 435 g/mol. The lowest BCUT2D eigenvalue weighted by Gasteiger charge is -2.10. The molecule has 0 aliphatic carbocycles. The number of ether oxygens (including phenoxy) is 2. The van der Waals surface area contributed by atoms with Crippen LogP contribution in [0.25, 0.3) is 0 Å². The van der Waals surface area contributed by atoms with Crippen LogP contribution in [0.4, 0.5) is 5.69 Å². The Bertz CT molecular complexity index is 1010. The van der Waals surface area contributed by atoms with Gasteiger partial charge in [-0.2, -0.15) is 4.72 Å². The van der Waals surface area contributed by atoms with Gasteiger partial charge in [0.2, 0.25) is 10.0 Å². The molecule has 0 radical (unpaired) electrons. The first kappa shape index (κ1) is 21.9. The number of carbonyl (C=O) groups excluding carboxylic acids is 1. The van der Waals surface area contributed by atoms with E-state index in [1.807, 2.05) is 0 Å². The predicted molar refractivity (Wildman–Crippen MR) is 101 cm³/mol. The number of carbonyl (C=O) groups is 1. The maximum Gasteiger partial charge on any atom is 0.321 e. The van der Waals surface area contributed by atoms with E-state index in [1.54, 1.807) is 0 Å². The molecule has 2 aromatic carbocycles. The fraction of sp³-hybridized carbons (Fsp3) is 0.188. The van der Waals surface area contributed by atoms with E-state index in [9.17, 15) is 23.3 Å². The van der Waals surface area contributed by atoms with E-state index >= 15 is 0 Å². The highest BCUT2D eigenvalue weighted by Gasteiger charge is 2.18. The van der Waals surface area contributed by atoms with Crippen molar-refractivity contribution in [2.75, 3.05) is 13.7 Å². The Kier molecular flexibility index (Phi) is 7.19. The Morgan fingerprint density at radius 1 is 1.18 bits per heavy atom. The second-order valence-electron chi connectivity index (χ2n) is 5.31. The molecule has 2 rings (SSSR count). The zero-order chi connectivity index (χ0) is 20.9. The van der Waals surface area contributed by atoms with Gasteiger partial charge in [0.05, 0.1) is 27.0 Å². The molecule has 0 amide bonds. The monoisotopic (exact) mass is 448 g/mol. The van der Waals surface area contributed by atoms with Crippen LogP contribution in [-0.4, -0.2) is 33.0 Å². The van der Waals surface area contributed by atoms with Crippen LogP contribution < -0.4 is 9.46 Å². The minimum Gasteiger partial charge on any atom is -0.496 e. The number of sulfonamides is 1. The Hall–Kier alpha value is -2.40. The Morgan fingerprint density at radius 3 is 2.50 bits per heavy atom. The molecule has 0 unspecified atom stereocenters. The molecule has 150 valence electrons. The molecule has 1 N–H and O–H groups in total. The molecule has 0 aromatic heterocycles. The van der Waals surface area contributed by atoms with Gasteiger partial charge in [0.25, 0.3) is 5.69 Å². The molecule has 28 heavy (non-hydrogen) atoms. The van der Waals surface area contributed by atoms with Crippen LogP contribution in [0.2, 0.25) is 10.0 Å². The lowest BCUT2D eigenvalue weighted by atomic mass is 10.2. The predicted octanol–water partition coefficient (Wildman–Crippen LogP) is 2.93. The number of non-ortho nitro benzene ring substituents is 1. The van der Waals surface area contributed by atoms with Gasteiger partial charge in [-0.3, -0.25) is 14.9 Å². The molecule has 0 heterocycles. The Balaban J connectivity index is 2.00. The van der Waals surface area contributed by atoms with Crippen molar-refractivity contribution in [3.63, 3.8) is 0 Å². The quantitative estimate of drug-likeness (QED) is 0.373. The van der Waals surface area contributed by atoms with Crippen molar-refractivity contribution in [1.29, 1.82) is 0 Å². The fourth-order valence-corrected chi connectivity index (χ4v) is 3.44. The first-order chi connectivity index (χ1) is 13.1. The van der Waals surface area contributed by atoms with Gasteiger partial charge in [0.15, 0.2) is 0 Å². The zero-order valence-corrected chi connectivity index (χ0v) is 16.7. The summed E-state index contributed by atoms with van der Waals surface area (Å²) in [6.07, 6.45) is 0. The standard InChI is InChI=1S/C16H14Cl2N2O7S/c1-26-15-5-2-11(20(22)23)6-10(15)9-27-16(21)8-19-28(24,25)12-3-4-13(17)14(18)7-12/h2-7,19H,8-9H2,1H3. The lowest BCUT2D eigenvalue weighted by Crippen LogP contribution is -2.30. The summed E-state index contributed by atoms with van der Waals surface area (Å²) in [6.45, 7) is -0.988. The van der Waals surface area contributed by atoms with Gasteiger partial charge in [-0.1, -0.05) is 23.2 Å². The maximum absolute atomic E-state index is 12.2. The molecule has 0 bridgehead atoms. The molecule has 0 aliphatic heterocycles. The molecule has 0 aliphatic rings. The highest BCUT2D eigenvalue weighted by molar-refractivity contribution is 7.89. The number of methoxy groups -OCH3 is 1. The van der Waals surface area contributed by atoms with Crippen LogP contribution >= 0.6 is 23.2 Å². The largest absolute Gasteiger partial charge is 0.496 e. The molecule has 0 fully saturated rings. The molecular formula is C16H14Cl2N2O7S. The Morgan fingerprint density at radius 2 is 1.89 bits per heavy atom. The van der Waals surface area contributed by atoms with E-state index in [0.717, 1.165) is 6.07 Å². The van der Waals surface area contributed by atoms with E-state index in [2.05, 4.69) is 4.72 Å². The normalized spacial score (nSPS) is 11.1. The van der Waals surface area contributed by atoms with Gasteiger partial charge < -0.3 is 9.47 Å². The summed E-state index contributed by atoms with van der Waals surface area (Å²) in [4.78, 5) is 21.9. The number of nitrogens with one attached hydrogen (secondary N) is 1. The van der Waals surface area contributed by atoms with Crippen LogP contribution in [-0.2, 0) is 26.2 Å². The van der Waals surface area contributed by atoms with E-state index < -0.39 is 27.5 Å². The highest BCUT2D eigenvalue weighted by atomic mass is 35.5. The van der Waals surface area contributed by atoms with E-state index in [-0.39, 0.29) is 38.5 Å². The van der Waals surface area contributed by atoms with Crippen molar-refractivity contribution in [2.24, 2.45) is 0 Å². The van der Waals surface area contributed by atoms with Gasteiger partial charge in [0, 0.05) is 17.7 Å². The van der Waals surface area contributed by atoms with Crippen LogP contribution in [0.1, 0.15) is 5.56 Å². The summed E-state index contributed by atoms with van der Waals surface area (Å²) in [7, 11) is -2.66. The topological polar surface area (TPSA) is 125 Å². The number of halogens is 2. The number of esters is 1. The van der Waals surface area contributed by atoms with Crippen molar-refractivity contribution in [1.82, 2.24) is 4.72 Å². The third-order valence-electron chi connectivity index (χ3n) is 3.47. The summed E-state index contributed by atoms with van der Waals surface area (Å²) in [6, 6.07) is 7.50. The van der Waals surface area contributed by atoms with Crippen molar-refractivity contribution in [2.45, 2.75) is 11.5 Å². The van der Waals surface area contributed by atoms with Crippen LogP contribution in [0, 0.1) is 10.1 Å². The average molecular weight is 449 g/mol. The number of nitrogens with zero attached hydrogens (tertiary/aromatic N) is 1. The van der Waals surface area contributed by atoms with Gasteiger partial charge >= 0.3 is 5.97 Å². The third kappa shape index (κ3) is 5.55. The minimum absolute atomic E-state index is 0.0462. The molecule has 12 heteroatoms. The SMILES string of the molecule is COc1ccc([N+](=O)[O-])cc1COC(=O)CNS(=O)(=O)c1ccc(Cl)c(Cl)c1. The molecule has 9 nitrogen and oxygen atoms in total. The van der Waals surface area contributed by atoms with Crippen molar-refractivity contribution in [3.8, 4) is 5.75 Å². The number of rotatable bonds is 8. The minimum atomic E-state index is -4.02. The van der Waals surface area contributed by atoms with Gasteiger partial charge in [0.1, 0.15) is 18.9 Å². The zero-order valence-electron chi connectivity index (χ0n) is 14.3. The summed E-state index contributed by atoms with van der Waals surface area (Å²) >= 11 is 11.5. The van der Waals surface area contributed by atoms with Crippen molar-refractivity contribution >= 4 is 44.9 Å². The Labute approximate surface area is 170 Å². The fourth-order valence-electron chi connectivity index (χ4n) is 2.08. The molecule has 2 aromatic rings. The number of hydrogen-bond acceptors (Lipinski definition) is 7. The van der Waals surface area contributed by atoms with Gasteiger partial charge in [-0.25, -0.2) is 8.42 Å². The molecule has 0 atom stereocenters. The average Bonchev–Trinajstić information content (AvgIpc) is 2.66. The number of hydrogen-bond donors (Lipinski definition) is 1. The van der Waals surface area contributed by atoms with Crippen LogP contribution in [0.5, 0.6) is 5.75 Å². The summed E-state index contributed by atoms with van der Waals surface area (Å²) < 4.78 is 36.5. The van der Waals surface area contributed by atoms with Crippen LogP contribution in [0.15, 0.2) is 41.3 Å². The van der Waals surface area contributed by atoms with Crippen LogP contribution in [0.3, 0.4) is 0 Å². The second kappa shape index (κ2) is 9.20. The molecule has 0 saturated carbocycles. The maximum atomic E-state index is 12.2. The smallest absolute Gasteiger partial charge is 0.321 e. The van der Waals surface area contributed by atoms with Crippen molar-refractivity contribution < 1.29 is 27.6 Å². The summed E-state index contributed by atoms with van der Waals surface area (Å²) in [5.74, 6) is -0.605. The molecule has 0 spiro atoms.